The van der Waals surface area contributed by atoms with Crippen molar-refractivity contribution in [2.24, 2.45) is 4.52 Å². The van der Waals surface area contributed by atoms with Gasteiger partial charge in [0.05, 0.1) is 0 Å². The van der Waals surface area contributed by atoms with E-state index in [0.717, 1.165) is 0 Å². The van der Waals surface area contributed by atoms with Crippen molar-refractivity contribution in [2.45, 2.75) is 41.5 Å². The maximum absolute atomic E-state index is 13.4. The van der Waals surface area contributed by atoms with Gasteiger partial charge in [0.15, 0.2) is 0 Å². The molecular weight excluding hydrogens is 1140 g/mol. The molecule has 2 N–H and O–H groups in total. The standard InChI is InChI=1S/C60H58N3O18P3/c1-37(2)55(64)70-43-25-13-19-31-49(43)76-82(77-50-32-20-14-26-44(50)71-56(65)38(3)4)61-83(78-51-33-21-15-27-45(51)72-57(66)39(5)6,79-52-34-22-16-28-46(52)73-58(67)40(7)8)63-84(62-82,80-53-35-23-17-29-47(53)74-59(68)41(9)10)81-54-36-24-18-30-48(54)75-60(69)42(11)12/h13-36,61-62,82-83H,1,3,5,7,9,11H2,2,4,6,8,10,12H3. The van der Waals surface area contributed by atoms with Gasteiger partial charge in [-0.2, -0.15) is 0 Å². The van der Waals surface area contributed by atoms with Crippen molar-refractivity contribution in [3.8, 4) is 69.0 Å². The van der Waals surface area contributed by atoms with E-state index in [-0.39, 0.29) is 102 Å². The van der Waals surface area contributed by atoms with E-state index in [1.807, 2.05) is 0 Å². The Hall–Kier alpha value is -9.61. The predicted octanol–water partition coefficient (Wildman–Crippen LogP) is 13.3. The third-order valence-electron chi connectivity index (χ3n) is 10.7. The summed E-state index contributed by atoms with van der Waals surface area (Å²) >= 11 is 0. The van der Waals surface area contributed by atoms with E-state index in [4.69, 9.17) is 60.1 Å². The van der Waals surface area contributed by atoms with Crippen LogP contribution in [0.4, 0.5) is 0 Å². The van der Waals surface area contributed by atoms with Gasteiger partial charge in [-0.1, -0.05) is 0 Å². The number of hydrogen-bond donors (Lipinski definition) is 2. The molecule has 0 aromatic heterocycles. The molecule has 0 unspecified atom stereocenters. The molecule has 0 fully saturated rings. The van der Waals surface area contributed by atoms with Crippen LogP contribution in [0.25, 0.3) is 0 Å². The Kier molecular flexibility index (Phi) is 19.9. The summed E-state index contributed by atoms with van der Waals surface area (Å²) in [7, 11) is -16.0. The summed E-state index contributed by atoms with van der Waals surface area (Å²) in [5.41, 5.74) is 0.00366. The molecule has 0 atom stereocenters. The second-order valence-electron chi connectivity index (χ2n) is 18.3. The minimum atomic E-state index is -5.53. The molecule has 84 heavy (non-hydrogen) atoms. The van der Waals surface area contributed by atoms with Crippen molar-refractivity contribution in [3.63, 3.8) is 0 Å². The van der Waals surface area contributed by atoms with Crippen molar-refractivity contribution >= 4 is 59.5 Å². The molecule has 6 aromatic rings. The molecule has 0 amide bonds. The quantitative estimate of drug-likeness (QED) is 0.0247. The van der Waals surface area contributed by atoms with Gasteiger partial charge in [-0.3, -0.25) is 0 Å². The third-order valence-corrected chi connectivity index (χ3v) is 20.6. The van der Waals surface area contributed by atoms with Gasteiger partial charge in [0.2, 0.25) is 0 Å². The number of esters is 6. The number of carbonyl (C=O) groups is 6. The molecular formula is C60H58N3O18P3. The summed E-state index contributed by atoms with van der Waals surface area (Å²) in [5, 5.41) is 0. The Morgan fingerprint density at radius 2 is 0.536 bits per heavy atom. The molecule has 1 heterocycles. The molecule has 7 rings (SSSR count). The van der Waals surface area contributed by atoms with Crippen LogP contribution in [0.15, 0.2) is 223 Å². The molecule has 0 radical (unpaired) electrons. The summed E-state index contributed by atoms with van der Waals surface area (Å²) in [6.07, 6.45) is 0. The van der Waals surface area contributed by atoms with E-state index in [2.05, 4.69) is 49.2 Å². The maximum atomic E-state index is 13.4. The minimum absolute atomic E-state index is 0.0000294. The van der Waals surface area contributed by atoms with E-state index >= 15 is 0 Å². The topological polar surface area (TPSA) is 250 Å². The Morgan fingerprint density at radius 1 is 0.333 bits per heavy atom. The molecule has 6 aromatic carbocycles. The summed E-state index contributed by atoms with van der Waals surface area (Å²) < 4.78 is 83.1. The van der Waals surface area contributed by atoms with Gasteiger partial charge in [0, 0.05) is 0 Å². The third kappa shape index (κ3) is 15.9. The number of ether oxygens (including phenoxy) is 6. The first-order valence-electron chi connectivity index (χ1n) is 25.1. The van der Waals surface area contributed by atoms with Gasteiger partial charge >= 0.3 is 487 Å². The summed E-state index contributed by atoms with van der Waals surface area (Å²) in [6, 6.07) is 35.2. The summed E-state index contributed by atoms with van der Waals surface area (Å²) in [4.78, 5) is 87.1. The van der Waals surface area contributed by atoms with Gasteiger partial charge < -0.3 is 0 Å². The fraction of sp³-hybridized carbons (Fsp3) is 0.100. The molecule has 0 saturated heterocycles. The van der Waals surface area contributed by atoms with E-state index in [9.17, 15) is 28.8 Å². The number of carbonyl (C=O) groups excluding carboxylic acids is 6. The number of hydrogen-bond acceptors (Lipinski definition) is 21. The molecule has 0 aliphatic carbocycles. The molecule has 1 aliphatic rings. The number of benzene rings is 6. The molecule has 24 heteroatoms. The van der Waals surface area contributed by atoms with Crippen LogP contribution in [0.2, 0.25) is 0 Å². The Bertz CT molecular complexity index is 3520. The first kappa shape index (κ1) is 62.0. The van der Waals surface area contributed by atoms with Crippen molar-refractivity contribution in [1.29, 1.82) is 0 Å². The fourth-order valence-electron chi connectivity index (χ4n) is 6.67. The second-order valence-corrected chi connectivity index (χ2v) is 25.7. The van der Waals surface area contributed by atoms with E-state index in [0.29, 0.717) is 0 Å². The predicted molar refractivity (Wildman–Crippen MR) is 317 cm³/mol. The van der Waals surface area contributed by atoms with Crippen LogP contribution in [0.1, 0.15) is 41.5 Å². The second kappa shape index (κ2) is 27.0. The van der Waals surface area contributed by atoms with Crippen LogP contribution >= 0.6 is 23.7 Å². The molecule has 436 valence electrons. The monoisotopic (exact) mass is 1200 g/mol. The van der Waals surface area contributed by atoms with Crippen molar-refractivity contribution in [3.05, 3.63) is 219 Å². The molecule has 0 spiro atoms. The molecule has 0 saturated carbocycles. The zero-order valence-electron chi connectivity index (χ0n) is 46.3. The summed E-state index contributed by atoms with van der Waals surface area (Å²) in [5.74, 6) is -8.07. The number of rotatable bonds is 24. The fourth-order valence-corrected chi connectivity index (χ4v) is 18.3. The molecule has 0 bridgehead atoms. The van der Waals surface area contributed by atoms with Gasteiger partial charge in [0.25, 0.3) is 0 Å². The van der Waals surface area contributed by atoms with E-state index in [1.165, 1.54) is 175 Å². The van der Waals surface area contributed by atoms with Crippen molar-refractivity contribution in [2.75, 3.05) is 0 Å². The SMILES string of the molecule is C=C(C)C(=O)Oc1ccccc1OP1(Oc2ccccc2OC(=O)C(=C)C)=N[PH](Oc2ccccc2OC(=O)C(=C)C)(Oc2ccccc2OC(=O)C(=C)C)N[PH](Oc2ccccc2OC(=O)C(=C)C)(Oc2ccccc2OC(=O)C(=C)C)N1. The number of para-hydroxylation sites is 12. The molecule has 21 nitrogen and oxygen atoms in total. The van der Waals surface area contributed by atoms with Crippen LogP contribution in [-0.2, 0) is 28.8 Å². The zero-order valence-corrected chi connectivity index (χ0v) is 49.2. The number of nitrogens with one attached hydrogen (secondary N) is 2. The first-order chi connectivity index (χ1) is 39.9. The van der Waals surface area contributed by atoms with Gasteiger partial charge in [-0.25, -0.2) is 0 Å². The van der Waals surface area contributed by atoms with Crippen LogP contribution in [-0.4, -0.2) is 35.8 Å². The van der Waals surface area contributed by atoms with Gasteiger partial charge in [-0.05, 0) is 0 Å². The molecule has 1 aliphatic heterocycles. The van der Waals surface area contributed by atoms with Crippen LogP contribution in [0.3, 0.4) is 0 Å². The van der Waals surface area contributed by atoms with Gasteiger partial charge in [-0.15, -0.1) is 0 Å². The van der Waals surface area contributed by atoms with Crippen molar-refractivity contribution in [1.82, 2.24) is 9.72 Å². The van der Waals surface area contributed by atoms with Crippen molar-refractivity contribution < 1.29 is 84.3 Å². The van der Waals surface area contributed by atoms with Crippen LogP contribution in [0.5, 0.6) is 69.0 Å². The Morgan fingerprint density at radius 3 is 0.774 bits per heavy atom. The average molecular weight is 1200 g/mol. The van der Waals surface area contributed by atoms with Crippen LogP contribution in [0, 0.1) is 0 Å². The summed E-state index contributed by atoms with van der Waals surface area (Å²) in [6.45, 7) is 30.9. The number of nitrogens with zero attached hydrogens (tertiary/aromatic N) is 1. The Labute approximate surface area is 485 Å². The Balaban J connectivity index is 1.68. The van der Waals surface area contributed by atoms with Crippen LogP contribution < -0.4 is 65.3 Å². The average Bonchev–Trinajstić information content (AvgIpc) is 0.896. The normalized spacial score (nSPS) is 14.0. The zero-order chi connectivity index (χ0) is 60.9. The first-order valence-corrected chi connectivity index (χ1v) is 30.2. The van der Waals surface area contributed by atoms with E-state index in [1.54, 1.807) is 12.1 Å². The van der Waals surface area contributed by atoms with E-state index < -0.39 is 59.5 Å². The van der Waals surface area contributed by atoms with Gasteiger partial charge in [0.1, 0.15) is 0 Å².